The Bertz CT molecular complexity index is 735. The molecule has 35 heavy (non-hydrogen) atoms. The summed E-state index contributed by atoms with van der Waals surface area (Å²) in [5, 5.41) is 31.8. The predicted molar refractivity (Wildman–Crippen MR) is 136 cm³/mol. The van der Waals surface area contributed by atoms with Gasteiger partial charge in [0, 0.05) is 18.5 Å². The number of carbonyl (C=O) groups excluding carboxylic acids is 1. The molecule has 7 heteroatoms. The number of carboxylic acids is 1. The molecule has 1 heterocycles. The summed E-state index contributed by atoms with van der Waals surface area (Å²) in [7, 11) is 0. The number of carbonyl (C=O) groups is 2. The summed E-state index contributed by atoms with van der Waals surface area (Å²) in [4.78, 5) is 24.3. The van der Waals surface area contributed by atoms with Crippen molar-refractivity contribution < 1.29 is 19.8 Å². The monoisotopic (exact) mass is 489 g/mol. The van der Waals surface area contributed by atoms with Gasteiger partial charge in [0.15, 0.2) is 0 Å². The Balaban J connectivity index is 0.000000228. The van der Waals surface area contributed by atoms with E-state index in [2.05, 4.69) is 18.3 Å². The molecule has 0 aromatic heterocycles. The van der Waals surface area contributed by atoms with Gasteiger partial charge >= 0.3 is 5.97 Å². The van der Waals surface area contributed by atoms with Crippen molar-refractivity contribution in [2.45, 2.75) is 133 Å². The van der Waals surface area contributed by atoms with Gasteiger partial charge < -0.3 is 20.4 Å². The fourth-order valence-electron chi connectivity index (χ4n) is 7.40. The van der Waals surface area contributed by atoms with Crippen molar-refractivity contribution in [2.24, 2.45) is 11.8 Å². The Kier molecular flexibility index (Phi) is 10.4. The third-order valence-corrected chi connectivity index (χ3v) is 8.61. The summed E-state index contributed by atoms with van der Waals surface area (Å²) >= 11 is 0. The van der Waals surface area contributed by atoms with Crippen LogP contribution in [0.25, 0.3) is 0 Å². The summed E-state index contributed by atoms with van der Waals surface area (Å²) in [6, 6.07) is 1.99. The molecule has 5 rings (SSSR count). The van der Waals surface area contributed by atoms with Crippen LogP contribution in [0.1, 0.15) is 116 Å². The quantitative estimate of drug-likeness (QED) is 0.340. The number of nitrogens with zero attached hydrogens (tertiary/aromatic N) is 2. The fraction of sp³-hybridized carbons (Fsp3) is 0.893. The number of likely N-dealkylation sites (tertiary alicyclic amines) is 1. The Labute approximate surface area is 211 Å². The summed E-state index contributed by atoms with van der Waals surface area (Å²) in [5.74, 6) is 0.623. The topological polar surface area (TPSA) is 114 Å². The van der Waals surface area contributed by atoms with E-state index < -0.39 is 11.6 Å². The van der Waals surface area contributed by atoms with Crippen molar-refractivity contribution in [2.75, 3.05) is 13.1 Å². The number of rotatable bonds is 12. The number of hydrogen-bond donors (Lipinski definition) is 3. The smallest absolute Gasteiger partial charge is 0.303 e. The SMILES string of the molecule is CCCCCCCCCCC(=O)O.N#C[C@@H]1CCCN1C(=O)CNC12CC3CC(CC(O)(C3)C1)C2. The molecule has 2 unspecified atom stereocenters. The summed E-state index contributed by atoms with van der Waals surface area (Å²) in [6.45, 7) is 3.24. The van der Waals surface area contributed by atoms with E-state index in [-0.39, 0.29) is 17.5 Å². The van der Waals surface area contributed by atoms with Crippen LogP contribution in [0.2, 0.25) is 0 Å². The second-order valence-corrected chi connectivity index (χ2v) is 11.8. The van der Waals surface area contributed by atoms with Crippen LogP contribution in [0.4, 0.5) is 0 Å². The van der Waals surface area contributed by atoms with Crippen molar-refractivity contribution >= 4 is 11.9 Å². The van der Waals surface area contributed by atoms with E-state index in [1.807, 2.05) is 0 Å². The van der Waals surface area contributed by atoms with Crippen LogP contribution in [0, 0.1) is 23.2 Å². The van der Waals surface area contributed by atoms with Crippen LogP contribution >= 0.6 is 0 Å². The molecular weight excluding hydrogens is 442 g/mol. The van der Waals surface area contributed by atoms with Crippen LogP contribution in [0.15, 0.2) is 0 Å². The van der Waals surface area contributed by atoms with Gasteiger partial charge in [0.05, 0.1) is 18.2 Å². The van der Waals surface area contributed by atoms with Gasteiger partial charge in [-0.3, -0.25) is 9.59 Å². The molecule has 4 saturated carbocycles. The van der Waals surface area contributed by atoms with E-state index in [9.17, 15) is 14.7 Å². The fourth-order valence-corrected chi connectivity index (χ4v) is 7.40. The van der Waals surface area contributed by atoms with Crippen LogP contribution in [-0.2, 0) is 9.59 Å². The molecule has 0 aromatic rings. The first-order chi connectivity index (χ1) is 16.8. The van der Waals surface area contributed by atoms with E-state index in [1.54, 1.807) is 4.90 Å². The number of unbranched alkanes of at least 4 members (excludes halogenated alkanes) is 7. The van der Waals surface area contributed by atoms with Gasteiger partial charge in [-0.2, -0.15) is 5.26 Å². The van der Waals surface area contributed by atoms with Crippen molar-refractivity contribution in [3.8, 4) is 6.07 Å². The predicted octanol–water partition coefficient (Wildman–Crippen LogP) is 4.78. The van der Waals surface area contributed by atoms with Gasteiger partial charge in [0.1, 0.15) is 6.04 Å². The van der Waals surface area contributed by atoms with Crippen molar-refractivity contribution in [3.63, 3.8) is 0 Å². The molecule has 7 nitrogen and oxygen atoms in total. The van der Waals surface area contributed by atoms with Crippen molar-refractivity contribution in [1.29, 1.82) is 5.26 Å². The standard InChI is InChI=1S/C17H25N3O2.C11H22O2/c18-9-14-2-1-3-20(14)15(21)10-19-16-5-12-4-13(6-16)8-17(22,7-12)11-16;1-2-3-4-5-6-7-8-9-10-11(12)13/h12-14,19,22H,1-8,10-11H2;2-10H2,1H3,(H,12,13)/t12?,13?,14-,16?,17?;/m0./s1. The number of amides is 1. The maximum Gasteiger partial charge on any atom is 0.303 e. The molecule has 1 saturated heterocycles. The van der Waals surface area contributed by atoms with E-state index in [1.165, 1.54) is 44.9 Å². The number of aliphatic carboxylic acids is 1. The van der Waals surface area contributed by atoms with E-state index in [0.717, 1.165) is 57.8 Å². The molecule has 3 N–H and O–H groups in total. The average Bonchev–Trinajstić information content (AvgIpc) is 3.27. The Hall–Kier alpha value is -1.65. The first-order valence-electron chi connectivity index (χ1n) is 14.2. The van der Waals surface area contributed by atoms with Gasteiger partial charge in [-0.15, -0.1) is 0 Å². The highest BCUT2D eigenvalue weighted by Gasteiger charge is 2.57. The van der Waals surface area contributed by atoms with Gasteiger partial charge in [-0.05, 0) is 69.6 Å². The van der Waals surface area contributed by atoms with Crippen LogP contribution in [0.5, 0.6) is 0 Å². The lowest BCUT2D eigenvalue weighted by molar-refractivity contribution is -0.147. The summed E-state index contributed by atoms with van der Waals surface area (Å²) < 4.78 is 0. The lowest BCUT2D eigenvalue weighted by atomic mass is 9.51. The average molecular weight is 490 g/mol. The lowest BCUT2D eigenvalue weighted by Crippen LogP contribution is -2.65. The van der Waals surface area contributed by atoms with Gasteiger partial charge in [0.25, 0.3) is 0 Å². The molecule has 0 spiro atoms. The van der Waals surface area contributed by atoms with Crippen molar-refractivity contribution in [1.82, 2.24) is 10.2 Å². The van der Waals surface area contributed by atoms with Crippen LogP contribution in [0.3, 0.4) is 0 Å². The number of hydrogen-bond acceptors (Lipinski definition) is 5. The molecule has 0 aromatic carbocycles. The number of aliphatic hydroxyl groups is 1. The van der Waals surface area contributed by atoms with E-state index in [4.69, 9.17) is 10.4 Å². The largest absolute Gasteiger partial charge is 0.481 e. The van der Waals surface area contributed by atoms with Crippen LogP contribution in [-0.4, -0.2) is 57.3 Å². The third-order valence-electron chi connectivity index (χ3n) is 8.61. The molecule has 5 fully saturated rings. The zero-order valence-electron chi connectivity index (χ0n) is 21.8. The van der Waals surface area contributed by atoms with Crippen LogP contribution < -0.4 is 5.32 Å². The molecule has 0 radical (unpaired) electrons. The second-order valence-electron chi connectivity index (χ2n) is 11.8. The van der Waals surface area contributed by atoms with E-state index >= 15 is 0 Å². The highest BCUT2D eigenvalue weighted by Crippen LogP contribution is 2.57. The zero-order chi connectivity index (χ0) is 25.3. The maximum absolute atomic E-state index is 12.4. The normalized spacial score (nSPS) is 32.7. The minimum Gasteiger partial charge on any atom is -0.481 e. The zero-order valence-corrected chi connectivity index (χ0v) is 21.8. The molecule has 1 amide bonds. The highest BCUT2D eigenvalue weighted by molar-refractivity contribution is 5.79. The molecule has 5 aliphatic rings. The Morgan fingerprint density at radius 2 is 1.66 bits per heavy atom. The minimum absolute atomic E-state index is 0.0453. The van der Waals surface area contributed by atoms with E-state index in [0.29, 0.717) is 31.3 Å². The second kappa shape index (κ2) is 13.1. The molecular formula is C28H47N3O4. The summed E-state index contributed by atoms with van der Waals surface area (Å²) in [5.41, 5.74) is -0.542. The van der Waals surface area contributed by atoms with Gasteiger partial charge in [-0.25, -0.2) is 0 Å². The molecule has 1 aliphatic heterocycles. The Morgan fingerprint density at radius 3 is 2.23 bits per heavy atom. The number of nitrogens with one attached hydrogen (secondary N) is 1. The molecule has 4 aliphatic carbocycles. The van der Waals surface area contributed by atoms with Crippen molar-refractivity contribution in [3.05, 3.63) is 0 Å². The number of nitriles is 1. The lowest BCUT2D eigenvalue weighted by Gasteiger charge is -2.60. The highest BCUT2D eigenvalue weighted by atomic mass is 16.4. The minimum atomic E-state index is -0.661. The Morgan fingerprint density at radius 1 is 1.03 bits per heavy atom. The van der Waals surface area contributed by atoms with Gasteiger partial charge in [0.2, 0.25) is 5.91 Å². The number of carboxylic acid groups (broad SMARTS) is 1. The summed E-state index contributed by atoms with van der Waals surface area (Å²) in [6.07, 6.45) is 17.9. The first kappa shape index (κ1) is 27.9. The molecule has 4 bridgehead atoms. The maximum atomic E-state index is 12.4. The first-order valence-corrected chi connectivity index (χ1v) is 14.2. The van der Waals surface area contributed by atoms with Gasteiger partial charge in [-0.1, -0.05) is 51.9 Å². The molecule has 198 valence electrons. The molecule has 3 atom stereocenters. The third kappa shape index (κ3) is 8.18.